The van der Waals surface area contributed by atoms with Crippen LogP contribution in [0.1, 0.15) is 49.8 Å². The minimum atomic E-state index is -0.973. The molecule has 35 heavy (non-hydrogen) atoms. The zero-order chi connectivity index (χ0) is 24.9. The molecular weight excluding hydrogens is 450 g/mol. The summed E-state index contributed by atoms with van der Waals surface area (Å²) in [6.07, 6.45) is 4.69. The van der Waals surface area contributed by atoms with Crippen LogP contribution in [0.4, 0.5) is 14.5 Å². The van der Waals surface area contributed by atoms with E-state index in [-0.39, 0.29) is 17.9 Å². The molecule has 1 aliphatic carbocycles. The van der Waals surface area contributed by atoms with E-state index in [2.05, 4.69) is 16.0 Å². The largest absolute Gasteiger partial charge is 0.325 e. The van der Waals surface area contributed by atoms with Crippen LogP contribution in [-0.4, -0.2) is 48.9 Å². The van der Waals surface area contributed by atoms with Gasteiger partial charge < -0.3 is 20.9 Å². The van der Waals surface area contributed by atoms with Gasteiger partial charge in [0.25, 0.3) is 5.91 Å². The van der Waals surface area contributed by atoms with Crippen LogP contribution in [-0.2, 0) is 16.0 Å². The van der Waals surface area contributed by atoms with Crippen LogP contribution in [0.2, 0.25) is 0 Å². The van der Waals surface area contributed by atoms with Crippen LogP contribution in [0.3, 0.4) is 0 Å². The maximum Gasteiger partial charge on any atom is 0.251 e. The average Bonchev–Trinajstić information content (AvgIpc) is 3.40. The average molecular weight is 485 g/mol. The van der Waals surface area contributed by atoms with Crippen molar-refractivity contribution < 1.29 is 18.4 Å². The molecule has 0 aromatic heterocycles. The summed E-state index contributed by atoms with van der Waals surface area (Å²) in [4.78, 5) is 29.1. The Labute approximate surface area is 205 Å². The van der Waals surface area contributed by atoms with E-state index in [0.717, 1.165) is 43.4 Å². The maximum atomic E-state index is 14.3. The second kappa shape index (κ2) is 11.3. The monoisotopic (exact) mass is 484 g/mol. The highest BCUT2D eigenvalue weighted by atomic mass is 19.1. The van der Waals surface area contributed by atoms with E-state index >= 15 is 0 Å². The Bertz CT molecular complexity index is 1040. The molecule has 1 heterocycles. The first-order valence-electron chi connectivity index (χ1n) is 12.4. The number of likely N-dealkylation sites (N-methyl/N-ethyl adjacent to an activating group) is 1. The van der Waals surface area contributed by atoms with Gasteiger partial charge in [-0.3, -0.25) is 9.59 Å². The fourth-order valence-electron chi connectivity index (χ4n) is 5.23. The minimum Gasteiger partial charge on any atom is -0.325 e. The van der Waals surface area contributed by atoms with E-state index in [4.69, 9.17) is 0 Å². The Morgan fingerprint density at radius 3 is 2.43 bits per heavy atom. The highest BCUT2D eigenvalue weighted by molar-refractivity contribution is 5.99. The summed E-state index contributed by atoms with van der Waals surface area (Å²) in [6.45, 7) is 3.02. The van der Waals surface area contributed by atoms with Crippen LogP contribution in [0.25, 0.3) is 0 Å². The fourth-order valence-corrected chi connectivity index (χ4v) is 5.23. The predicted octanol–water partition coefficient (Wildman–Crippen LogP) is 3.79. The molecule has 0 radical (unpaired) electrons. The minimum absolute atomic E-state index is 0.135. The summed E-state index contributed by atoms with van der Waals surface area (Å²) >= 11 is 0. The van der Waals surface area contributed by atoms with Crippen molar-refractivity contribution in [3.05, 3.63) is 65.2 Å². The summed E-state index contributed by atoms with van der Waals surface area (Å²) in [5, 5.41) is 9.07. The molecule has 2 aliphatic rings. The molecule has 6 nitrogen and oxygen atoms in total. The van der Waals surface area contributed by atoms with Crippen LogP contribution < -0.4 is 16.0 Å². The summed E-state index contributed by atoms with van der Waals surface area (Å²) in [5.74, 6) is -2.28. The number of nitrogens with zero attached hydrogens (tertiary/aromatic N) is 1. The number of rotatable bonds is 8. The highest BCUT2D eigenvalue weighted by Gasteiger charge is 2.41. The third kappa shape index (κ3) is 5.54. The van der Waals surface area contributed by atoms with Gasteiger partial charge in [0.05, 0.1) is 6.04 Å². The fraction of sp³-hybridized carbons (Fsp3) is 0.481. The zero-order valence-corrected chi connectivity index (χ0v) is 20.3. The van der Waals surface area contributed by atoms with Crippen LogP contribution in [0, 0.1) is 17.6 Å². The number of carbonyl (C=O) groups excluding carboxylic acids is 2. The molecule has 1 aliphatic heterocycles. The molecule has 1 fully saturated rings. The molecule has 2 amide bonds. The van der Waals surface area contributed by atoms with Crippen molar-refractivity contribution in [3.63, 3.8) is 0 Å². The number of carbonyl (C=O) groups is 2. The summed E-state index contributed by atoms with van der Waals surface area (Å²) < 4.78 is 28.6. The molecule has 4 rings (SSSR count). The van der Waals surface area contributed by atoms with Gasteiger partial charge in [-0.2, -0.15) is 0 Å². The van der Waals surface area contributed by atoms with Gasteiger partial charge in [0.15, 0.2) is 0 Å². The van der Waals surface area contributed by atoms with Gasteiger partial charge in [-0.05, 0) is 62.4 Å². The van der Waals surface area contributed by atoms with Gasteiger partial charge >= 0.3 is 0 Å². The first-order chi connectivity index (χ1) is 16.9. The van der Waals surface area contributed by atoms with E-state index in [0.29, 0.717) is 25.1 Å². The number of hydrogen-bond donors (Lipinski definition) is 3. The first kappa shape index (κ1) is 25.3. The Morgan fingerprint density at radius 1 is 1.06 bits per heavy atom. The van der Waals surface area contributed by atoms with Gasteiger partial charge in [0.1, 0.15) is 23.4 Å². The number of fused-ring (bicyclic) bond motifs is 1. The highest BCUT2D eigenvalue weighted by Crippen LogP contribution is 2.35. The lowest BCUT2D eigenvalue weighted by atomic mass is 9.89. The standard InChI is InChI=1S/C27H34F2N4O2/c1-17(30-2)16-31-23(19-9-3-4-10-19)27(35)33-15-14-18-8-5-6-11-20(18)25(33)26(34)32-24-21(28)12-7-13-22(24)29/h5-8,11-13,17,19,23,25,30-31H,3-4,9-10,14-16H2,1-2H3,(H,32,34)/t17-,23-,25-/m0/s1. The molecule has 188 valence electrons. The van der Waals surface area contributed by atoms with E-state index in [1.165, 1.54) is 6.07 Å². The van der Waals surface area contributed by atoms with Gasteiger partial charge in [-0.25, -0.2) is 8.78 Å². The molecule has 2 aromatic carbocycles. The van der Waals surface area contributed by atoms with Crippen molar-refractivity contribution in [1.29, 1.82) is 0 Å². The van der Waals surface area contributed by atoms with Crippen LogP contribution in [0.5, 0.6) is 0 Å². The van der Waals surface area contributed by atoms with Gasteiger partial charge in [0.2, 0.25) is 5.91 Å². The van der Waals surface area contributed by atoms with E-state index in [1.54, 1.807) is 4.90 Å². The summed E-state index contributed by atoms with van der Waals surface area (Å²) in [6, 6.07) is 9.69. The number of nitrogens with one attached hydrogen (secondary N) is 3. The molecule has 3 N–H and O–H groups in total. The number of benzene rings is 2. The Balaban J connectivity index is 1.65. The number of hydrogen-bond acceptors (Lipinski definition) is 4. The molecular formula is C27H34F2N4O2. The lowest BCUT2D eigenvalue weighted by molar-refractivity contribution is -0.142. The van der Waals surface area contributed by atoms with Crippen molar-refractivity contribution in [3.8, 4) is 0 Å². The quantitative estimate of drug-likeness (QED) is 0.533. The number of amides is 2. The van der Waals surface area contributed by atoms with E-state index < -0.39 is 35.3 Å². The van der Waals surface area contributed by atoms with Crippen molar-refractivity contribution in [2.24, 2.45) is 5.92 Å². The molecule has 3 atom stereocenters. The number of anilines is 1. The topological polar surface area (TPSA) is 73.5 Å². The maximum absolute atomic E-state index is 14.3. The van der Waals surface area contributed by atoms with Crippen LogP contribution in [0.15, 0.2) is 42.5 Å². The smallest absolute Gasteiger partial charge is 0.251 e. The molecule has 1 saturated carbocycles. The zero-order valence-electron chi connectivity index (χ0n) is 20.3. The second-order valence-electron chi connectivity index (χ2n) is 9.59. The first-order valence-corrected chi connectivity index (χ1v) is 12.4. The number of halogens is 2. The Hall–Kier alpha value is -2.84. The summed E-state index contributed by atoms with van der Waals surface area (Å²) in [5.41, 5.74) is 1.15. The van der Waals surface area contributed by atoms with E-state index in [1.807, 2.05) is 38.2 Å². The van der Waals surface area contributed by atoms with Gasteiger partial charge in [-0.1, -0.05) is 43.2 Å². The normalized spacial score (nSPS) is 19.8. The number of para-hydroxylation sites is 1. The van der Waals surface area contributed by atoms with Gasteiger partial charge in [0, 0.05) is 19.1 Å². The second-order valence-corrected chi connectivity index (χ2v) is 9.59. The Kier molecular flexibility index (Phi) is 8.13. The van der Waals surface area contributed by atoms with E-state index in [9.17, 15) is 18.4 Å². The third-order valence-corrected chi connectivity index (χ3v) is 7.30. The van der Waals surface area contributed by atoms with Crippen molar-refractivity contribution in [1.82, 2.24) is 15.5 Å². The van der Waals surface area contributed by atoms with Crippen molar-refractivity contribution in [2.45, 2.75) is 57.2 Å². The van der Waals surface area contributed by atoms with Crippen molar-refractivity contribution >= 4 is 17.5 Å². The SMILES string of the molecule is CN[C@@H](C)CN[C@H](C(=O)N1CCc2ccccc2[C@H]1C(=O)Nc1c(F)cccc1F)C1CCCC1. The molecule has 0 unspecified atom stereocenters. The lowest BCUT2D eigenvalue weighted by Crippen LogP contribution is -2.56. The van der Waals surface area contributed by atoms with Crippen molar-refractivity contribution in [2.75, 3.05) is 25.5 Å². The lowest BCUT2D eigenvalue weighted by Gasteiger charge is -2.39. The molecule has 2 aromatic rings. The van der Waals surface area contributed by atoms with Gasteiger partial charge in [-0.15, -0.1) is 0 Å². The predicted molar refractivity (Wildman–Crippen MR) is 132 cm³/mol. The molecule has 8 heteroatoms. The van der Waals surface area contributed by atoms with Crippen LogP contribution >= 0.6 is 0 Å². The summed E-state index contributed by atoms with van der Waals surface area (Å²) in [7, 11) is 1.88. The third-order valence-electron chi connectivity index (χ3n) is 7.30. The molecule has 0 bridgehead atoms. The molecule has 0 spiro atoms. The molecule has 0 saturated heterocycles. The Morgan fingerprint density at radius 2 is 1.74 bits per heavy atom.